The number of benzene rings is 3. The van der Waals surface area contributed by atoms with Gasteiger partial charge in [-0.2, -0.15) is 9.41 Å². The summed E-state index contributed by atoms with van der Waals surface area (Å²) in [5, 5.41) is 16.2. The fraction of sp³-hybridized carbons (Fsp3) is 0.174. The van der Waals surface area contributed by atoms with Crippen molar-refractivity contribution in [3.8, 4) is 11.1 Å². The molecule has 3 aromatic rings. The Morgan fingerprint density at radius 1 is 0.909 bits per heavy atom. The molecule has 1 fully saturated rings. The van der Waals surface area contributed by atoms with Gasteiger partial charge in [0, 0.05) is 30.3 Å². The van der Waals surface area contributed by atoms with Crippen molar-refractivity contribution in [2.45, 2.75) is 4.90 Å². The first-order valence-electron chi connectivity index (χ1n) is 10.4. The van der Waals surface area contributed by atoms with Gasteiger partial charge in [0.05, 0.1) is 28.7 Å². The van der Waals surface area contributed by atoms with Gasteiger partial charge in [-0.05, 0) is 23.3 Å². The van der Waals surface area contributed by atoms with E-state index in [2.05, 4.69) is 10.5 Å². The van der Waals surface area contributed by atoms with Crippen molar-refractivity contribution in [1.29, 1.82) is 0 Å². The topological polar surface area (TPSA) is 114 Å². The number of rotatable bonds is 5. The molecule has 0 aromatic heterocycles. The van der Waals surface area contributed by atoms with Gasteiger partial charge in [-0.25, -0.2) is 8.42 Å². The normalized spacial score (nSPS) is 15.6. The molecule has 10 heteroatoms. The smallest absolute Gasteiger partial charge is 0.295 e. The molecule has 1 aliphatic carbocycles. The van der Waals surface area contributed by atoms with Crippen molar-refractivity contribution in [2.75, 3.05) is 31.7 Å². The van der Waals surface area contributed by atoms with E-state index < -0.39 is 14.9 Å². The standard InChI is InChI=1S/C23H20N4O5S/c28-27(29)22-15-16(33(30,31)26-11-13-32-14-12-26)9-10-21(22)24-25-23-19-7-3-1-5-17(19)18-6-2-4-8-20(18)23/h1-10,15,24H,11-14H2. The number of fused-ring (bicyclic) bond motifs is 3. The molecular weight excluding hydrogens is 444 g/mol. The van der Waals surface area contributed by atoms with E-state index in [1.54, 1.807) is 0 Å². The minimum absolute atomic E-state index is 0.107. The quantitative estimate of drug-likeness (QED) is 0.357. The van der Waals surface area contributed by atoms with Gasteiger partial charge in [0.25, 0.3) is 5.69 Å². The predicted molar refractivity (Wildman–Crippen MR) is 124 cm³/mol. The van der Waals surface area contributed by atoms with Gasteiger partial charge in [-0.15, -0.1) is 0 Å². The summed E-state index contributed by atoms with van der Waals surface area (Å²) < 4.78 is 32.3. The Bertz CT molecular complexity index is 1330. The number of hydrogen-bond donors (Lipinski definition) is 1. The molecule has 0 atom stereocenters. The lowest BCUT2D eigenvalue weighted by molar-refractivity contribution is -0.384. The Morgan fingerprint density at radius 2 is 1.48 bits per heavy atom. The number of hydrogen-bond acceptors (Lipinski definition) is 7. The lowest BCUT2D eigenvalue weighted by Crippen LogP contribution is -2.40. The van der Waals surface area contributed by atoms with Crippen molar-refractivity contribution >= 4 is 27.1 Å². The minimum atomic E-state index is -3.86. The van der Waals surface area contributed by atoms with Crippen LogP contribution in [-0.4, -0.2) is 49.7 Å². The maximum Gasteiger partial charge on any atom is 0.295 e. The summed E-state index contributed by atoms with van der Waals surface area (Å²) in [4.78, 5) is 11.0. The van der Waals surface area contributed by atoms with Crippen molar-refractivity contribution < 1.29 is 18.1 Å². The molecule has 5 rings (SSSR count). The van der Waals surface area contributed by atoms with Crippen LogP contribution < -0.4 is 5.43 Å². The van der Waals surface area contributed by atoms with Crippen LogP contribution in [0.2, 0.25) is 0 Å². The van der Waals surface area contributed by atoms with Crippen molar-refractivity contribution in [3.05, 3.63) is 88.0 Å². The highest BCUT2D eigenvalue weighted by molar-refractivity contribution is 7.89. The maximum absolute atomic E-state index is 12.9. The summed E-state index contributed by atoms with van der Waals surface area (Å²) in [6.45, 7) is 1.01. The van der Waals surface area contributed by atoms with E-state index >= 15 is 0 Å². The summed E-state index contributed by atoms with van der Waals surface area (Å²) in [7, 11) is -3.86. The summed E-state index contributed by atoms with van der Waals surface area (Å²) in [5.74, 6) is 0. The molecule has 1 heterocycles. The summed E-state index contributed by atoms with van der Waals surface area (Å²) >= 11 is 0. The molecule has 1 aliphatic heterocycles. The van der Waals surface area contributed by atoms with Crippen molar-refractivity contribution in [3.63, 3.8) is 0 Å². The van der Waals surface area contributed by atoms with E-state index in [0.717, 1.165) is 28.3 Å². The first-order chi connectivity index (χ1) is 16.0. The van der Waals surface area contributed by atoms with Gasteiger partial charge in [-0.3, -0.25) is 15.5 Å². The number of nitro benzene ring substituents is 1. The van der Waals surface area contributed by atoms with Crippen LogP contribution in [0.25, 0.3) is 11.1 Å². The number of nitro groups is 1. The van der Waals surface area contributed by atoms with Crippen LogP contribution in [0.4, 0.5) is 11.4 Å². The number of morpholine rings is 1. The lowest BCUT2D eigenvalue weighted by Gasteiger charge is -2.26. The molecule has 168 valence electrons. The second-order valence-electron chi connectivity index (χ2n) is 7.62. The average Bonchev–Trinajstić information content (AvgIpc) is 3.17. The Balaban J connectivity index is 1.51. The Kier molecular flexibility index (Phi) is 5.41. The molecular formula is C23H20N4O5S. The third-order valence-electron chi connectivity index (χ3n) is 5.72. The second kappa shape index (κ2) is 8.39. The van der Waals surface area contributed by atoms with Gasteiger partial charge in [-0.1, -0.05) is 48.5 Å². The van der Waals surface area contributed by atoms with E-state index in [9.17, 15) is 18.5 Å². The monoisotopic (exact) mass is 464 g/mol. The number of nitrogens with zero attached hydrogens (tertiary/aromatic N) is 3. The Labute approximate surface area is 190 Å². The molecule has 0 unspecified atom stereocenters. The van der Waals surface area contributed by atoms with Gasteiger partial charge in [0.2, 0.25) is 10.0 Å². The van der Waals surface area contributed by atoms with E-state index in [-0.39, 0.29) is 29.4 Å². The number of anilines is 1. The van der Waals surface area contributed by atoms with Crippen LogP contribution in [0.3, 0.4) is 0 Å². The van der Waals surface area contributed by atoms with Crippen molar-refractivity contribution in [1.82, 2.24) is 4.31 Å². The highest BCUT2D eigenvalue weighted by Gasteiger charge is 2.29. The zero-order valence-electron chi connectivity index (χ0n) is 17.5. The third-order valence-corrected chi connectivity index (χ3v) is 7.61. The molecule has 0 saturated carbocycles. The summed E-state index contributed by atoms with van der Waals surface area (Å²) in [5.41, 5.74) is 7.11. The summed E-state index contributed by atoms with van der Waals surface area (Å²) in [6.07, 6.45) is 0. The molecule has 2 aliphatic rings. The van der Waals surface area contributed by atoms with E-state index in [0.29, 0.717) is 18.9 Å². The number of sulfonamides is 1. The zero-order chi connectivity index (χ0) is 23.0. The highest BCUT2D eigenvalue weighted by Crippen LogP contribution is 2.37. The SMILES string of the molecule is O=[N+]([O-])c1cc(S(=O)(=O)N2CCOCC2)ccc1NN=C1c2ccccc2-c2ccccc21. The first kappa shape index (κ1) is 21.3. The number of hydrazone groups is 1. The minimum Gasteiger partial charge on any atom is -0.379 e. The van der Waals surface area contributed by atoms with Crippen LogP contribution in [0.1, 0.15) is 11.1 Å². The zero-order valence-corrected chi connectivity index (χ0v) is 18.3. The molecule has 0 spiro atoms. The number of ether oxygens (including phenoxy) is 1. The Morgan fingerprint density at radius 3 is 2.06 bits per heavy atom. The number of nitrogens with one attached hydrogen (secondary N) is 1. The first-order valence-corrected chi connectivity index (χ1v) is 11.8. The molecule has 0 radical (unpaired) electrons. The van der Waals surface area contributed by atoms with E-state index in [1.165, 1.54) is 16.4 Å². The van der Waals surface area contributed by atoms with Gasteiger partial charge in [0.15, 0.2) is 0 Å². The molecule has 0 bridgehead atoms. The largest absolute Gasteiger partial charge is 0.379 e. The Hall–Kier alpha value is -3.60. The summed E-state index contributed by atoms with van der Waals surface area (Å²) in [6, 6.07) is 19.4. The van der Waals surface area contributed by atoms with E-state index in [4.69, 9.17) is 4.74 Å². The molecule has 1 saturated heterocycles. The molecule has 0 amide bonds. The van der Waals surface area contributed by atoms with Crippen LogP contribution in [-0.2, 0) is 14.8 Å². The predicted octanol–water partition coefficient (Wildman–Crippen LogP) is 3.46. The molecule has 1 N–H and O–H groups in total. The van der Waals surface area contributed by atoms with Gasteiger partial charge >= 0.3 is 0 Å². The van der Waals surface area contributed by atoms with Crippen molar-refractivity contribution in [2.24, 2.45) is 5.10 Å². The van der Waals surface area contributed by atoms with Gasteiger partial charge < -0.3 is 4.74 Å². The highest BCUT2D eigenvalue weighted by atomic mass is 32.2. The molecule has 9 nitrogen and oxygen atoms in total. The average molecular weight is 465 g/mol. The van der Waals surface area contributed by atoms with Crippen LogP contribution in [0.5, 0.6) is 0 Å². The maximum atomic E-state index is 12.9. The molecule has 33 heavy (non-hydrogen) atoms. The van der Waals surface area contributed by atoms with Crippen LogP contribution in [0.15, 0.2) is 76.7 Å². The fourth-order valence-corrected chi connectivity index (χ4v) is 5.51. The fourth-order valence-electron chi connectivity index (χ4n) is 4.08. The lowest BCUT2D eigenvalue weighted by atomic mass is 10.1. The van der Waals surface area contributed by atoms with Crippen LogP contribution >= 0.6 is 0 Å². The van der Waals surface area contributed by atoms with Gasteiger partial charge in [0.1, 0.15) is 5.69 Å². The van der Waals surface area contributed by atoms with E-state index in [1.807, 2.05) is 48.5 Å². The van der Waals surface area contributed by atoms with Crippen LogP contribution in [0, 0.1) is 10.1 Å². The second-order valence-corrected chi connectivity index (χ2v) is 9.55. The molecule has 3 aromatic carbocycles. The third kappa shape index (κ3) is 3.78.